The first-order valence-corrected chi connectivity index (χ1v) is 5.14. The number of nitrogens with two attached hydrogens (primary N) is 1. The molecule has 0 bridgehead atoms. The minimum atomic E-state index is 0.757. The van der Waals surface area contributed by atoms with Gasteiger partial charge in [-0.2, -0.15) is 0 Å². The predicted octanol–water partition coefficient (Wildman–Crippen LogP) is 2.31. The van der Waals surface area contributed by atoms with Crippen LogP contribution in [-0.4, -0.2) is 6.54 Å². The molecule has 1 nitrogen and oxygen atoms in total. The normalized spacial score (nSPS) is 26.0. The fourth-order valence-electron chi connectivity index (χ4n) is 1.92. The second-order valence-corrected chi connectivity index (χ2v) is 3.93. The Labute approximate surface area is 80.0 Å². The summed E-state index contributed by atoms with van der Waals surface area (Å²) >= 11 is 0. The lowest BCUT2D eigenvalue weighted by molar-refractivity contribution is 0.809. The molecule has 2 atom stereocenters. The first kappa shape index (κ1) is 8.76. The van der Waals surface area contributed by atoms with Crippen molar-refractivity contribution in [1.82, 2.24) is 0 Å². The van der Waals surface area contributed by atoms with Crippen LogP contribution in [0.2, 0.25) is 0 Å². The second-order valence-electron chi connectivity index (χ2n) is 3.93. The molecule has 0 saturated heterocycles. The molecule has 1 saturated carbocycles. The third-order valence-corrected chi connectivity index (χ3v) is 3.04. The molecule has 0 aliphatic heterocycles. The van der Waals surface area contributed by atoms with Gasteiger partial charge in [-0.3, -0.25) is 0 Å². The van der Waals surface area contributed by atoms with Gasteiger partial charge in [0.25, 0.3) is 0 Å². The number of rotatable bonds is 3. The van der Waals surface area contributed by atoms with Crippen LogP contribution in [0.25, 0.3) is 0 Å². The average molecular weight is 175 g/mol. The molecule has 2 N–H and O–H groups in total. The highest BCUT2D eigenvalue weighted by molar-refractivity contribution is 5.29. The van der Waals surface area contributed by atoms with Crippen LogP contribution >= 0.6 is 0 Å². The zero-order valence-electron chi connectivity index (χ0n) is 8.16. The van der Waals surface area contributed by atoms with Crippen LogP contribution in [-0.2, 0) is 6.42 Å². The van der Waals surface area contributed by atoms with Gasteiger partial charge in [0.05, 0.1) is 0 Å². The van der Waals surface area contributed by atoms with Crippen molar-refractivity contribution in [1.29, 1.82) is 0 Å². The summed E-state index contributed by atoms with van der Waals surface area (Å²) < 4.78 is 0. The summed E-state index contributed by atoms with van der Waals surface area (Å²) in [4.78, 5) is 0. The van der Waals surface area contributed by atoms with E-state index in [4.69, 9.17) is 5.73 Å². The smallest absolute Gasteiger partial charge is 0.00428 e. The van der Waals surface area contributed by atoms with Crippen molar-refractivity contribution in [2.45, 2.75) is 25.7 Å². The Morgan fingerprint density at radius 1 is 1.31 bits per heavy atom. The SMILES string of the molecule is CCc1ccc([C@H]2C[C@H]2CN)cc1. The fraction of sp³-hybridized carbons (Fsp3) is 0.500. The highest BCUT2D eigenvalue weighted by Gasteiger charge is 2.36. The molecule has 1 aliphatic rings. The monoisotopic (exact) mass is 175 g/mol. The minimum Gasteiger partial charge on any atom is -0.330 e. The van der Waals surface area contributed by atoms with Crippen LogP contribution in [0, 0.1) is 5.92 Å². The van der Waals surface area contributed by atoms with E-state index in [1.807, 2.05) is 0 Å². The maximum Gasteiger partial charge on any atom is -0.00428 e. The number of aryl methyl sites for hydroxylation is 1. The van der Waals surface area contributed by atoms with E-state index in [-0.39, 0.29) is 0 Å². The van der Waals surface area contributed by atoms with Gasteiger partial charge in [0.2, 0.25) is 0 Å². The Morgan fingerprint density at radius 2 is 2.00 bits per heavy atom. The van der Waals surface area contributed by atoms with Crippen molar-refractivity contribution in [2.24, 2.45) is 11.7 Å². The summed E-state index contributed by atoms with van der Waals surface area (Å²) in [6.45, 7) is 3.04. The summed E-state index contributed by atoms with van der Waals surface area (Å²) in [5, 5.41) is 0. The molecule has 0 heterocycles. The summed E-state index contributed by atoms with van der Waals surface area (Å²) in [5.74, 6) is 1.52. The standard InChI is InChI=1S/C12H17N/c1-2-9-3-5-10(6-4-9)12-7-11(12)8-13/h3-6,11-12H,2,7-8,13H2,1H3/t11-,12+/m0/s1. The van der Waals surface area contributed by atoms with Crippen molar-refractivity contribution >= 4 is 0 Å². The van der Waals surface area contributed by atoms with Gasteiger partial charge >= 0.3 is 0 Å². The summed E-state index contributed by atoms with van der Waals surface area (Å²) in [7, 11) is 0. The minimum absolute atomic E-state index is 0.757. The Balaban J connectivity index is 2.07. The Bertz CT molecular complexity index is 276. The summed E-state index contributed by atoms with van der Waals surface area (Å²) in [6.07, 6.45) is 2.42. The highest BCUT2D eigenvalue weighted by Crippen LogP contribution is 2.46. The van der Waals surface area contributed by atoms with Crippen molar-refractivity contribution in [2.75, 3.05) is 6.54 Å². The van der Waals surface area contributed by atoms with Gasteiger partial charge in [-0.05, 0) is 42.3 Å². The van der Waals surface area contributed by atoms with Gasteiger partial charge in [-0.1, -0.05) is 31.2 Å². The largest absolute Gasteiger partial charge is 0.330 e. The van der Waals surface area contributed by atoms with Crippen LogP contribution in [0.4, 0.5) is 0 Å². The maximum absolute atomic E-state index is 5.62. The van der Waals surface area contributed by atoms with E-state index in [0.29, 0.717) is 0 Å². The average Bonchev–Trinajstić information content (AvgIpc) is 2.97. The van der Waals surface area contributed by atoms with Gasteiger partial charge in [-0.25, -0.2) is 0 Å². The van der Waals surface area contributed by atoms with Crippen LogP contribution in [0.5, 0.6) is 0 Å². The number of hydrogen-bond acceptors (Lipinski definition) is 1. The highest BCUT2D eigenvalue weighted by atomic mass is 14.6. The molecule has 0 amide bonds. The van der Waals surface area contributed by atoms with Crippen LogP contribution in [0.15, 0.2) is 24.3 Å². The molecule has 0 radical (unpaired) electrons. The first-order valence-electron chi connectivity index (χ1n) is 5.14. The molecule has 0 unspecified atom stereocenters. The van der Waals surface area contributed by atoms with Crippen LogP contribution in [0.1, 0.15) is 30.4 Å². The zero-order valence-corrected chi connectivity index (χ0v) is 8.16. The molecule has 1 aromatic rings. The molecule has 0 spiro atoms. The first-order chi connectivity index (χ1) is 6.35. The van der Waals surface area contributed by atoms with Gasteiger partial charge in [-0.15, -0.1) is 0 Å². The van der Waals surface area contributed by atoms with E-state index in [1.165, 1.54) is 17.5 Å². The fourth-order valence-corrected chi connectivity index (χ4v) is 1.92. The Morgan fingerprint density at radius 3 is 2.46 bits per heavy atom. The molecule has 1 fully saturated rings. The van der Waals surface area contributed by atoms with E-state index in [2.05, 4.69) is 31.2 Å². The number of benzene rings is 1. The molecule has 70 valence electrons. The van der Waals surface area contributed by atoms with Crippen LogP contribution in [0.3, 0.4) is 0 Å². The van der Waals surface area contributed by atoms with E-state index < -0.39 is 0 Å². The quantitative estimate of drug-likeness (QED) is 0.749. The van der Waals surface area contributed by atoms with Crippen molar-refractivity contribution in [3.05, 3.63) is 35.4 Å². The van der Waals surface area contributed by atoms with Crippen molar-refractivity contribution < 1.29 is 0 Å². The molecule has 0 aromatic heterocycles. The molecular weight excluding hydrogens is 158 g/mol. The predicted molar refractivity (Wildman–Crippen MR) is 55.7 cm³/mol. The Kier molecular flexibility index (Phi) is 2.36. The van der Waals surface area contributed by atoms with Gasteiger partial charge in [0.15, 0.2) is 0 Å². The third kappa shape index (κ3) is 1.75. The van der Waals surface area contributed by atoms with Crippen molar-refractivity contribution in [3.8, 4) is 0 Å². The van der Waals surface area contributed by atoms with Crippen LogP contribution < -0.4 is 5.73 Å². The Hall–Kier alpha value is -0.820. The van der Waals surface area contributed by atoms with Gasteiger partial charge < -0.3 is 5.73 Å². The van der Waals surface area contributed by atoms with Crippen molar-refractivity contribution in [3.63, 3.8) is 0 Å². The van der Waals surface area contributed by atoms with E-state index >= 15 is 0 Å². The molecular formula is C12H17N. The number of hydrogen-bond donors (Lipinski definition) is 1. The molecule has 2 rings (SSSR count). The van der Waals surface area contributed by atoms with E-state index in [9.17, 15) is 0 Å². The van der Waals surface area contributed by atoms with E-state index in [0.717, 1.165) is 24.8 Å². The lowest BCUT2D eigenvalue weighted by atomic mass is 10.1. The molecule has 1 aliphatic carbocycles. The molecule has 1 aromatic carbocycles. The lowest BCUT2D eigenvalue weighted by Gasteiger charge is -2.00. The zero-order chi connectivity index (χ0) is 9.26. The summed E-state index contributed by atoms with van der Waals surface area (Å²) in [6, 6.07) is 9.00. The lowest BCUT2D eigenvalue weighted by Crippen LogP contribution is -2.01. The van der Waals surface area contributed by atoms with Gasteiger partial charge in [0, 0.05) is 0 Å². The maximum atomic E-state index is 5.62. The van der Waals surface area contributed by atoms with E-state index in [1.54, 1.807) is 0 Å². The molecule has 1 heteroatoms. The van der Waals surface area contributed by atoms with Gasteiger partial charge in [0.1, 0.15) is 0 Å². The summed E-state index contributed by atoms with van der Waals surface area (Å²) in [5.41, 5.74) is 8.52. The topological polar surface area (TPSA) is 26.0 Å². The third-order valence-electron chi connectivity index (χ3n) is 3.04. The molecule has 13 heavy (non-hydrogen) atoms. The second kappa shape index (κ2) is 3.51.